The third-order valence-corrected chi connectivity index (χ3v) is 5.61. The average molecular weight is 409 g/mol. The van der Waals surface area contributed by atoms with Gasteiger partial charge in [-0.15, -0.1) is 0 Å². The summed E-state index contributed by atoms with van der Waals surface area (Å²) in [6.07, 6.45) is 0.586. The van der Waals surface area contributed by atoms with E-state index >= 15 is 0 Å². The van der Waals surface area contributed by atoms with Crippen molar-refractivity contribution in [2.45, 2.75) is 30.8 Å². The summed E-state index contributed by atoms with van der Waals surface area (Å²) in [7, 11) is 0.445. The van der Waals surface area contributed by atoms with Crippen LogP contribution in [0.3, 0.4) is 0 Å². The molecule has 0 aliphatic heterocycles. The highest BCUT2D eigenvalue weighted by atomic mass is 32.2. The van der Waals surface area contributed by atoms with E-state index in [0.29, 0.717) is 13.0 Å². The van der Waals surface area contributed by atoms with Crippen molar-refractivity contribution in [2.75, 3.05) is 20.6 Å². The molecule has 0 saturated carbocycles. The number of amides is 1. The van der Waals surface area contributed by atoms with Crippen molar-refractivity contribution in [1.82, 2.24) is 10.0 Å². The first-order valence-electron chi connectivity index (χ1n) is 9.15. The smallest absolute Gasteiger partial charge is 0.240 e. The lowest BCUT2D eigenvalue weighted by atomic mass is 10.1. The largest absolute Gasteiger partial charge is 0.352 e. The number of sulfonamides is 1. The Labute approximate surface area is 165 Å². The van der Waals surface area contributed by atoms with Crippen molar-refractivity contribution in [1.29, 1.82) is 0 Å². The number of nitrogens with one attached hydrogen (secondary N) is 3. The van der Waals surface area contributed by atoms with Crippen LogP contribution >= 0.6 is 0 Å². The van der Waals surface area contributed by atoms with Crippen LogP contribution in [0.4, 0.5) is 4.39 Å². The van der Waals surface area contributed by atoms with E-state index in [1.54, 1.807) is 0 Å². The summed E-state index contributed by atoms with van der Waals surface area (Å²) in [5.41, 5.74) is 2.27. The average Bonchev–Trinajstić information content (AvgIpc) is 2.64. The summed E-state index contributed by atoms with van der Waals surface area (Å²) in [6.45, 7) is 1.45. The van der Waals surface area contributed by atoms with E-state index in [1.807, 2.05) is 18.2 Å². The summed E-state index contributed by atoms with van der Waals surface area (Å²) in [5, 5.41) is 2.88. The van der Waals surface area contributed by atoms with Crippen molar-refractivity contribution >= 4 is 15.9 Å². The van der Waals surface area contributed by atoms with Gasteiger partial charge in [-0.2, -0.15) is 0 Å². The van der Waals surface area contributed by atoms with Gasteiger partial charge in [0.2, 0.25) is 15.9 Å². The Bertz CT molecular complexity index is 884. The lowest BCUT2D eigenvalue weighted by Crippen LogP contribution is -3.04. The minimum absolute atomic E-state index is 0.00187. The maximum absolute atomic E-state index is 12.9. The normalized spacial score (nSPS) is 11.6. The lowest BCUT2D eigenvalue weighted by Gasteiger charge is -2.13. The first-order chi connectivity index (χ1) is 13.3. The molecular weight excluding hydrogens is 381 g/mol. The molecule has 0 saturated heterocycles. The second-order valence-electron chi connectivity index (χ2n) is 6.88. The summed E-state index contributed by atoms with van der Waals surface area (Å²) in [4.78, 5) is 13.3. The van der Waals surface area contributed by atoms with Gasteiger partial charge >= 0.3 is 0 Å². The molecule has 1 amide bonds. The van der Waals surface area contributed by atoms with Crippen LogP contribution in [0, 0.1) is 5.82 Å². The van der Waals surface area contributed by atoms with E-state index < -0.39 is 15.8 Å². The molecule has 0 spiro atoms. The predicted molar refractivity (Wildman–Crippen MR) is 106 cm³/mol. The van der Waals surface area contributed by atoms with Gasteiger partial charge in [-0.1, -0.05) is 24.3 Å². The Morgan fingerprint density at radius 2 is 1.68 bits per heavy atom. The Kier molecular flexibility index (Phi) is 8.10. The fraction of sp³-hybridized carbons (Fsp3) is 0.350. The molecule has 0 aliphatic rings. The van der Waals surface area contributed by atoms with Crippen molar-refractivity contribution in [2.24, 2.45) is 0 Å². The Hall–Kier alpha value is -2.29. The van der Waals surface area contributed by atoms with Gasteiger partial charge in [-0.3, -0.25) is 4.79 Å². The molecule has 2 aromatic rings. The predicted octanol–water partition coefficient (Wildman–Crippen LogP) is 0.845. The lowest BCUT2D eigenvalue weighted by molar-refractivity contribution is -0.872. The van der Waals surface area contributed by atoms with Crippen LogP contribution in [0.15, 0.2) is 53.4 Å². The number of carbonyl (C=O) groups excluding carboxylic acids is 1. The van der Waals surface area contributed by atoms with Crippen LogP contribution in [0.1, 0.15) is 24.0 Å². The number of hydrogen-bond donors (Lipinski definition) is 3. The standard InChI is InChI=1S/C20H26FN3O3S/c1-24(2)15-17-7-4-3-6-16(17)14-22-20(25)8-5-13-23-28(26,27)19-11-9-18(21)10-12-19/h3-4,6-7,9-12,23H,5,8,13-15H2,1-2H3,(H,22,25)/p+1. The van der Waals surface area contributed by atoms with Gasteiger partial charge in [0, 0.05) is 25.1 Å². The molecule has 0 radical (unpaired) electrons. The minimum atomic E-state index is -3.70. The Balaban J connectivity index is 1.75. The molecule has 3 N–H and O–H groups in total. The number of benzene rings is 2. The quantitative estimate of drug-likeness (QED) is 0.510. The van der Waals surface area contributed by atoms with Crippen LogP contribution in [-0.4, -0.2) is 35.0 Å². The van der Waals surface area contributed by atoms with E-state index in [4.69, 9.17) is 0 Å². The molecule has 0 heterocycles. The van der Waals surface area contributed by atoms with Crippen LogP contribution in [-0.2, 0) is 27.9 Å². The zero-order chi connectivity index (χ0) is 20.6. The van der Waals surface area contributed by atoms with Crippen LogP contribution in [0.25, 0.3) is 0 Å². The van der Waals surface area contributed by atoms with Gasteiger partial charge in [-0.25, -0.2) is 17.5 Å². The van der Waals surface area contributed by atoms with Crippen molar-refractivity contribution in [3.63, 3.8) is 0 Å². The van der Waals surface area contributed by atoms with E-state index in [2.05, 4.69) is 30.2 Å². The third kappa shape index (κ3) is 7.03. The summed E-state index contributed by atoms with van der Waals surface area (Å²) in [5.74, 6) is -0.628. The van der Waals surface area contributed by atoms with Gasteiger partial charge < -0.3 is 10.2 Å². The van der Waals surface area contributed by atoms with Crippen molar-refractivity contribution in [3.05, 3.63) is 65.5 Å². The summed E-state index contributed by atoms with van der Waals surface area (Å²) in [6, 6.07) is 12.6. The van der Waals surface area contributed by atoms with Gasteiger partial charge in [0.1, 0.15) is 12.4 Å². The maximum atomic E-state index is 12.9. The monoisotopic (exact) mass is 408 g/mol. The summed E-state index contributed by atoms with van der Waals surface area (Å²) >= 11 is 0. The molecule has 28 heavy (non-hydrogen) atoms. The van der Waals surface area contributed by atoms with E-state index in [1.165, 1.54) is 22.6 Å². The number of hydrogen-bond acceptors (Lipinski definition) is 3. The molecule has 6 nitrogen and oxygen atoms in total. The highest BCUT2D eigenvalue weighted by Crippen LogP contribution is 2.10. The fourth-order valence-electron chi connectivity index (χ4n) is 2.72. The molecular formula is C20H27FN3O3S+. The van der Waals surface area contributed by atoms with Crippen molar-refractivity contribution in [3.8, 4) is 0 Å². The molecule has 2 rings (SSSR count). The second kappa shape index (κ2) is 10.3. The highest BCUT2D eigenvalue weighted by Gasteiger charge is 2.13. The van der Waals surface area contributed by atoms with Gasteiger partial charge in [0.15, 0.2) is 0 Å². The maximum Gasteiger partial charge on any atom is 0.240 e. The van der Waals surface area contributed by atoms with E-state index in [-0.39, 0.29) is 23.8 Å². The third-order valence-electron chi connectivity index (χ3n) is 4.14. The molecule has 0 fully saturated rings. The Morgan fingerprint density at radius 3 is 2.32 bits per heavy atom. The first-order valence-corrected chi connectivity index (χ1v) is 10.6. The highest BCUT2D eigenvalue weighted by molar-refractivity contribution is 7.89. The molecule has 0 atom stereocenters. The van der Waals surface area contributed by atoms with Gasteiger partial charge in [0.05, 0.1) is 19.0 Å². The second-order valence-corrected chi connectivity index (χ2v) is 8.65. The van der Waals surface area contributed by atoms with Crippen molar-refractivity contribution < 1.29 is 22.5 Å². The van der Waals surface area contributed by atoms with Crippen LogP contribution < -0.4 is 14.9 Å². The molecule has 0 bridgehead atoms. The zero-order valence-corrected chi connectivity index (χ0v) is 17.0. The topological polar surface area (TPSA) is 79.7 Å². The Morgan fingerprint density at radius 1 is 1.04 bits per heavy atom. The van der Waals surface area contributed by atoms with Crippen LogP contribution in [0.2, 0.25) is 0 Å². The molecule has 8 heteroatoms. The first kappa shape index (κ1) is 22.0. The number of rotatable bonds is 10. The molecule has 152 valence electrons. The van der Waals surface area contributed by atoms with Gasteiger partial charge in [0.25, 0.3) is 0 Å². The van der Waals surface area contributed by atoms with Gasteiger partial charge in [-0.05, 0) is 36.2 Å². The molecule has 2 aromatic carbocycles. The zero-order valence-electron chi connectivity index (χ0n) is 16.2. The number of carbonyl (C=O) groups is 1. The minimum Gasteiger partial charge on any atom is -0.352 e. The summed E-state index contributed by atoms with van der Waals surface area (Å²) < 4.78 is 39.5. The van der Waals surface area contributed by atoms with Crippen LogP contribution in [0.5, 0.6) is 0 Å². The number of halogens is 1. The molecule has 0 aliphatic carbocycles. The van der Waals surface area contributed by atoms with E-state index in [0.717, 1.165) is 24.2 Å². The molecule has 0 unspecified atom stereocenters. The fourth-order valence-corrected chi connectivity index (χ4v) is 3.79. The SMILES string of the molecule is C[NH+](C)Cc1ccccc1CNC(=O)CCCNS(=O)(=O)c1ccc(F)cc1. The number of quaternary nitrogens is 1. The van der Waals surface area contributed by atoms with E-state index in [9.17, 15) is 17.6 Å². The molecule has 0 aromatic heterocycles.